The number of carbonyl (C=O) groups is 7. The quantitative estimate of drug-likeness (QED) is 0.0231. The van der Waals surface area contributed by atoms with Crippen molar-refractivity contribution in [1.29, 1.82) is 0 Å². The number of fused-ring (bicyclic) bond motifs is 12. The SMILES string of the molecule is CCn1c(-c2cccnc2C(C)C)c2c3cc(ccc31)-c1cccc(c1)C[C@H](NC(=O)[C@H](C1CCCC1)N1CC[C@]3(CCN(C(=O)[C@H]4[C@@H](C5CC5)N4C)C3)C1)C(=O)N1CCC[C@H](N1)C(=O)OCC(C)(C)C2.CCn1c(-c2cccnc2C(C)C)c2c3cc(ccc31)-c1cccc(c1)C[C@H](NC(=O)[C@H](C1CCCC1)N1CC[C@]3(CCNC3)C1)C(=O)N1CCC[C@H](N1)C(=O)OCC(C)(C)C2.CN1[C@H](C2CC2)[C@@H]1[C-]=O.[2H]CF.[Li+].[OH-]. The molecule has 4 saturated carbocycles. The number of likely N-dealkylation sites (tertiary alicyclic amines) is 3. The minimum absolute atomic E-state index is 0. The number of nitrogens with one attached hydrogen (secondary N) is 5. The van der Waals surface area contributed by atoms with Gasteiger partial charge in [0.2, 0.25) is 17.7 Å². The average Bonchev–Trinajstić information content (AvgIpc) is 1.57. The summed E-state index contributed by atoms with van der Waals surface area (Å²) in [4.78, 5) is 133. The Morgan fingerprint density at radius 1 is 0.541 bits per heavy atom. The van der Waals surface area contributed by atoms with E-state index in [1.807, 2.05) is 37.9 Å². The van der Waals surface area contributed by atoms with Gasteiger partial charge in [-0.05, 0) is 297 Å². The molecule has 4 aliphatic carbocycles. The van der Waals surface area contributed by atoms with Crippen molar-refractivity contribution in [2.45, 2.75) is 309 Å². The first-order valence-electron chi connectivity index (χ1n) is 55.2. The first-order chi connectivity index (χ1) is 69.9. The number of alkyl halides is 1. The molecule has 10 aliphatic heterocycles. The molecule has 6 N–H and O–H groups in total. The van der Waals surface area contributed by atoms with E-state index >= 15 is 9.59 Å². The number of cyclic esters (lactones) is 2. The van der Waals surface area contributed by atoms with Crippen LogP contribution in [0.4, 0.5) is 4.39 Å². The largest absolute Gasteiger partial charge is 1.00 e. The molecule has 8 aromatic rings. The van der Waals surface area contributed by atoms with E-state index in [0.717, 1.165) is 226 Å². The van der Waals surface area contributed by atoms with Crippen molar-refractivity contribution in [3.63, 3.8) is 0 Å². The van der Waals surface area contributed by atoms with Crippen LogP contribution in [0.3, 0.4) is 0 Å². The van der Waals surface area contributed by atoms with Crippen molar-refractivity contribution >= 4 is 69.6 Å². The fourth-order valence-corrected chi connectivity index (χ4v) is 26.9. The average molecular weight is 1990 g/mol. The van der Waals surface area contributed by atoms with Crippen LogP contribution in [0.1, 0.15) is 245 Å². The maximum atomic E-state index is 15.2. The van der Waals surface area contributed by atoms with Gasteiger partial charge in [-0.25, -0.2) is 17.1 Å². The summed E-state index contributed by atoms with van der Waals surface area (Å²) >= 11 is 0. The van der Waals surface area contributed by atoms with E-state index in [2.05, 4.69) is 234 Å². The van der Waals surface area contributed by atoms with Crippen LogP contribution in [0.25, 0.3) is 66.6 Å². The van der Waals surface area contributed by atoms with Gasteiger partial charge in [0.15, 0.2) is 0 Å². The number of esters is 2. The number of likely N-dealkylation sites (N-methyl/N-ethyl adjacent to an activating group) is 2. The fraction of sp³-hybridized carbons (Fsp3) is 0.607. The fourth-order valence-electron chi connectivity index (χ4n) is 26.9. The summed E-state index contributed by atoms with van der Waals surface area (Å²) in [7, 11) is 3.10. The van der Waals surface area contributed by atoms with Crippen molar-refractivity contribution in [2.24, 2.45) is 45.3 Å². The van der Waals surface area contributed by atoms with Crippen LogP contribution in [0.5, 0.6) is 0 Å². The summed E-state index contributed by atoms with van der Waals surface area (Å²) in [6.07, 6.45) is 27.9. The van der Waals surface area contributed by atoms with Crippen molar-refractivity contribution in [3.05, 3.63) is 155 Å². The maximum Gasteiger partial charge on any atom is 1.00 e. The second-order valence-corrected chi connectivity index (χ2v) is 47.1. The standard InChI is InChI=1S/C58H76N8O5.C51H67N7O4.C7H10NO.CH3F.Li.H2O/c1-7-65-47-22-21-41-31-43(47)44(51(65)42-17-11-25-59-48(42)36(2)3)32-57(4,5)35-71-56(70)45-18-12-26-66(61-45)54(68)46(30-37-13-10-16-40(41)29-37)60-53(67)50(38-14-8-9-15-38)63-27-23-58(33-63)24-28-64(34-58)55(69)52-49(62(52)6)39-19-20-39;1-6-57-43-19-18-37-28-39(43)40(46(57)38-16-10-22-53-44(38)33(2)3)29-50(4,5)32-62-49(61)41-17-11-24-58(55-41)48(60)42(27-34-12-9-15-36(37)26-34)54-47(59)45(35-13-7-8-14-35)56-25-21-51(31-56)20-23-52-30-51;1-8-6(4-9)7(8)5-2-3-5;1-2;;/h10-11,13,16-17,21-22,25,29,31,36,38-39,45-46,49-50,52,61H,7-9,12,14-15,18-20,23-24,26-28,30,32-35H2,1-6H3,(H,60,67);9-10,12,15-16,18-19,22,26,28,33,35,41-42,45,52,55H,6-8,11,13-14,17,20-21,23-25,27,29-32H2,1-5H3,(H,54,59);5-7H,2-3H2,1H3;1H3;;1H2/q;;-1;;+1;/p-1/t45-,46-,49+,50-,52+,58-,62?;41-,42-,45-,51-;6-,7+,8?;;;/m000.../s1/i;;;1D;;. The van der Waals surface area contributed by atoms with Gasteiger partial charge in [0.05, 0.1) is 56.6 Å². The second kappa shape index (κ2) is 45.3. The third-order valence-corrected chi connectivity index (χ3v) is 34.8. The molecular formula is C117H157FLiN16O11-. The molecule has 14 atom stereocenters. The smallest absolute Gasteiger partial charge is 0.870 e. The molecule has 12 bridgehead atoms. The number of aryl methyl sites for hydroxylation is 2. The van der Waals surface area contributed by atoms with Crippen LogP contribution < -0.4 is 45.7 Å². The summed E-state index contributed by atoms with van der Waals surface area (Å²) < 4.78 is 32.7. The molecule has 0 radical (unpaired) electrons. The maximum absolute atomic E-state index is 15.2. The Morgan fingerprint density at radius 3 is 1.42 bits per heavy atom. The Morgan fingerprint density at radius 2 is 0.986 bits per heavy atom. The number of aromatic nitrogens is 4. The molecule has 146 heavy (non-hydrogen) atoms. The van der Waals surface area contributed by atoms with Gasteiger partial charge in [-0.15, -0.1) is 0 Å². The van der Waals surface area contributed by atoms with E-state index in [1.165, 1.54) is 47.9 Å². The Hall–Kier alpha value is -9.57. The molecule has 22 rings (SSSR count). The number of halogens is 1. The molecule has 14 heterocycles. The zero-order valence-corrected chi connectivity index (χ0v) is 88.7. The molecule has 780 valence electrons. The van der Waals surface area contributed by atoms with E-state index in [-0.39, 0.29) is 132 Å². The van der Waals surface area contributed by atoms with Gasteiger partial charge < -0.3 is 54.6 Å². The van der Waals surface area contributed by atoms with Crippen molar-refractivity contribution < 1.29 is 77.9 Å². The normalized spacial score (nSPS) is 27.9. The van der Waals surface area contributed by atoms with Gasteiger partial charge in [-0.3, -0.25) is 72.6 Å². The molecular weight excluding hydrogens is 1830 g/mol. The van der Waals surface area contributed by atoms with Crippen LogP contribution >= 0.6 is 0 Å². The van der Waals surface area contributed by atoms with Crippen molar-refractivity contribution in [2.75, 3.05) is 99.9 Å². The van der Waals surface area contributed by atoms with Crippen LogP contribution in [0.15, 0.2) is 122 Å². The van der Waals surface area contributed by atoms with Gasteiger partial charge in [0, 0.05) is 145 Å². The Bertz CT molecular complexity index is 6080. The molecule has 4 aromatic heterocycles. The predicted octanol–water partition coefficient (Wildman–Crippen LogP) is 12.7. The van der Waals surface area contributed by atoms with Crippen LogP contribution in [0.2, 0.25) is 0 Å². The summed E-state index contributed by atoms with van der Waals surface area (Å²) in [6, 6.07) is 36.3. The topological polar surface area (TPSA) is 303 Å². The molecule has 5 amide bonds. The summed E-state index contributed by atoms with van der Waals surface area (Å²) in [5.41, 5.74) is 23.5. The van der Waals surface area contributed by atoms with E-state index in [9.17, 15) is 33.2 Å². The van der Waals surface area contributed by atoms with E-state index in [1.54, 1.807) is 10.0 Å². The zero-order valence-electron chi connectivity index (χ0n) is 89.7. The van der Waals surface area contributed by atoms with Gasteiger partial charge >= 0.3 is 30.8 Å². The van der Waals surface area contributed by atoms with Gasteiger partial charge in [-0.1, -0.05) is 148 Å². The van der Waals surface area contributed by atoms with E-state index in [0.29, 0.717) is 88.4 Å². The number of carbonyl (C=O) groups excluding carboxylic acids is 8. The third kappa shape index (κ3) is 22.7. The minimum Gasteiger partial charge on any atom is -0.870 e. The Balaban J connectivity index is 0.000000179. The number of amides is 5. The molecule has 2 spiro atoms. The number of ether oxygens (including phenoxy) is 2. The Labute approximate surface area is 876 Å². The van der Waals surface area contributed by atoms with Crippen molar-refractivity contribution in [3.8, 4) is 44.8 Å². The number of hydrogen-bond acceptors (Lipinski definition) is 20. The number of hydrogen-bond donors (Lipinski definition) is 5. The number of benzene rings is 4. The summed E-state index contributed by atoms with van der Waals surface area (Å²) in [5.74, 6) is 1.37. The monoisotopic (exact) mass is 1990 g/mol. The van der Waals surface area contributed by atoms with E-state index < -0.39 is 42.2 Å². The number of rotatable bonds is 18. The number of pyridine rings is 2. The molecule has 8 saturated heterocycles. The minimum atomic E-state index is -1.00. The Kier molecular flexibility index (Phi) is 33.0. The second-order valence-electron chi connectivity index (χ2n) is 47.1. The molecule has 4 aromatic carbocycles. The third-order valence-electron chi connectivity index (χ3n) is 34.8. The molecule has 2 unspecified atom stereocenters. The first-order valence-corrected chi connectivity index (χ1v) is 54.5. The van der Waals surface area contributed by atoms with Crippen LogP contribution in [0, 0.1) is 45.3 Å². The summed E-state index contributed by atoms with van der Waals surface area (Å²) in [6.45, 7) is 31.7. The van der Waals surface area contributed by atoms with E-state index in [4.69, 9.17) is 20.8 Å². The molecule has 29 heteroatoms. The molecule has 14 aliphatic rings. The van der Waals surface area contributed by atoms with Crippen molar-refractivity contribution in [1.82, 2.24) is 80.4 Å². The first kappa shape index (κ1) is 106. The van der Waals surface area contributed by atoms with Crippen LogP contribution in [-0.4, -0.2) is 267 Å². The number of nitrogens with zero attached hydrogens (tertiary/aromatic N) is 11. The molecule has 12 fully saturated rings. The molecule has 27 nitrogen and oxygen atoms in total. The van der Waals surface area contributed by atoms with Gasteiger partial charge in [-0.2, -0.15) is 0 Å². The van der Waals surface area contributed by atoms with Crippen LogP contribution in [-0.2, 0) is 86.6 Å². The van der Waals surface area contributed by atoms with Gasteiger partial charge in [0.1, 0.15) is 30.2 Å². The predicted molar refractivity (Wildman–Crippen MR) is 563 cm³/mol. The number of hydrazine groups is 2. The zero-order chi connectivity index (χ0) is 102. The van der Waals surface area contributed by atoms with Gasteiger partial charge in [0.25, 0.3) is 11.8 Å². The summed E-state index contributed by atoms with van der Waals surface area (Å²) in [5, 5.41) is 15.8.